The smallest absolute Gasteiger partial charge is 0.329 e. The van der Waals surface area contributed by atoms with Gasteiger partial charge in [0.1, 0.15) is 6.54 Å². The third-order valence-electron chi connectivity index (χ3n) is 2.32. The van der Waals surface area contributed by atoms with Crippen molar-refractivity contribution in [3.05, 3.63) is 0 Å². The van der Waals surface area contributed by atoms with E-state index in [9.17, 15) is 19.6 Å². The second kappa shape index (κ2) is 6.85. The summed E-state index contributed by atoms with van der Waals surface area (Å²) in [6.07, 6.45) is 0.328. The molecule has 1 atom stereocenters. The molecule has 0 fully saturated rings. The molecule has 7 heteroatoms. The number of aliphatic carboxylic acids is 1. The second-order valence-corrected chi connectivity index (χ2v) is 3.60. The number of carboxylic acid groups (broad SMARTS) is 1. The maximum atomic E-state index is 11.5. The fourth-order valence-corrected chi connectivity index (χ4v) is 1.26. The van der Waals surface area contributed by atoms with Gasteiger partial charge in [0.05, 0.1) is 0 Å². The highest BCUT2D eigenvalue weighted by atomic mass is 16.5. The minimum atomic E-state index is -1.28. The maximum Gasteiger partial charge on any atom is 0.329 e. The lowest BCUT2D eigenvalue weighted by Gasteiger charge is -2.24. The third-order valence-corrected chi connectivity index (χ3v) is 2.32. The summed E-state index contributed by atoms with van der Waals surface area (Å²) < 4.78 is 0. The molecule has 0 aromatic carbocycles. The molecule has 2 N–H and O–H groups in total. The normalized spacial score (nSPS) is 11.8. The van der Waals surface area contributed by atoms with E-state index in [2.05, 4.69) is 0 Å². The number of hydrogen-bond acceptors (Lipinski definition) is 4. The van der Waals surface area contributed by atoms with Crippen molar-refractivity contribution < 1.29 is 24.7 Å². The fraction of sp³-hybridized carbons (Fsp3) is 0.700. The van der Waals surface area contributed by atoms with Crippen LogP contribution in [0.1, 0.15) is 26.7 Å². The minimum Gasteiger partial charge on any atom is -0.480 e. The predicted molar refractivity (Wildman–Crippen MR) is 58.3 cm³/mol. The number of hydroxylamine groups is 2. The first-order chi connectivity index (χ1) is 7.84. The van der Waals surface area contributed by atoms with Crippen molar-refractivity contribution in [1.29, 1.82) is 0 Å². The second-order valence-electron chi connectivity index (χ2n) is 3.60. The lowest BCUT2D eigenvalue weighted by molar-refractivity contribution is -0.187. The van der Waals surface area contributed by atoms with E-state index >= 15 is 0 Å². The first-order valence-corrected chi connectivity index (χ1v) is 5.32. The number of rotatable bonds is 6. The Balaban J connectivity index is 4.50. The maximum absolute atomic E-state index is 11.5. The van der Waals surface area contributed by atoms with Crippen molar-refractivity contribution in [2.24, 2.45) is 0 Å². The SMILES string of the molecule is CCC(=O)N(C)CC(=O)N(O)C(CC)C(=O)O. The van der Waals surface area contributed by atoms with Gasteiger partial charge in [0, 0.05) is 13.5 Å². The Morgan fingerprint density at radius 3 is 2.06 bits per heavy atom. The monoisotopic (exact) mass is 246 g/mol. The van der Waals surface area contributed by atoms with Gasteiger partial charge in [0.15, 0.2) is 6.04 Å². The molecule has 98 valence electrons. The minimum absolute atomic E-state index is 0.0863. The van der Waals surface area contributed by atoms with Gasteiger partial charge in [-0.05, 0) is 6.42 Å². The van der Waals surface area contributed by atoms with Crippen LogP contribution < -0.4 is 0 Å². The van der Waals surface area contributed by atoms with E-state index in [1.54, 1.807) is 6.92 Å². The molecule has 0 heterocycles. The highest BCUT2D eigenvalue weighted by molar-refractivity contribution is 5.86. The van der Waals surface area contributed by atoms with Crippen LogP contribution in [0.4, 0.5) is 0 Å². The highest BCUT2D eigenvalue weighted by Gasteiger charge is 2.27. The highest BCUT2D eigenvalue weighted by Crippen LogP contribution is 2.03. The van der Waals surface area contributed by atoms with E-state index in [-0.39, 0.29) is 30.4 Å². The van der Waals surface area contributed by atoms with E-state index in [1.165, 1.54) is 14.0 Å². The van der Waals surface area contributed by atoms with Crippen molar-refractivity contribution in [3.63, 3.8) is 0 Å². The Morgan fingerprint density at radius 1 is 1.18 bits per heavy atom. The molecule has 0 bridgehead atoms. The van der Waals surface area contributed by atoms with Gasteiger partial charge >= 0.3 is 5.97 Å². The average molecular weight is 246 g/mol. The van der Waals surface area contributed by atoms with Gasteiger partial charge in [-0.25, -0.2) is 9.86 Å². The largest absolute Gasteiger partial charge is 0.480 e. The van der Waals surface area contributed by atoms with Gasteiger partial charge in [-0.15, -0.1) is 0 Å². The van der Waals surface area contributed by atoms with E-state index in [0.717, 1.165) is 4.90 Å². The standard InChI is InChI=1S/C10H18N2O5/c1-4-7(10(15)16)12(17)9(14)6-11(3)8(13)5-2/h7,17H,4-6H2,1-3H3,(H,15,16). The zero-order chi connectivity index (χ0) is 13.6. The van der Waals surface area contributed by atoms with Gasteiger partial charge in [-0.2, -0.15) is 0 Å². The van der Waals surface area contributed by atoms with Crippen LogP contribution in [0, 0.1) is 0 Å². The summed E-state index contributed by atoms with van der Waals surface area (Å²) in [5.74, 6) is -2.36. The van der Waals surface area contributed by atoms with E-state index in [1.807, 2.05) is 0 Å². The molecule has 0 spiro atoms. The molecule has 0 saturated heterocycles. The van der Waals surface area contributed by atoms with Crippen molar-refractivity contribution in [2.45, 2.75) is 32.7 Å². The fourth-order valence-electron chi connectivity index (χ4n) is 1.26. The van der Waals surface area contributed by atoms with E-state index < -0.39 is 17.9 Å². The van der Waals surface area contributed by atoms with Crippen molar-refractivity contribution in [2.75, 3.05) is 13.6 Å². The Morgan fingerprint density at radius 2 is 1.71 bits per heavy atom. The first kappa shape index (κ1) is 15.4. The van der Waals surface area contributed by atoms with Crippen molar-refractivity contribution in [1.82, 2.24) is 9.96 Å². The van der Waals surface area contributed by atoms with Crippen LogP contribution in [0.2, 0.25) is 0 Å². The molecule has 7 nitrogen and oxygen atoms in total. The van der Waals surface area contributed by atoms with Gasteiger partial charge in [0.25, 0.3) is 5.91 Å². The van der Waals surface area contributed by atoms with Crippen molar-refractivity contribution >= 4 is 17.8 Å². The Hall–Kier alpha value is -1.63. The number of amides is 2. The molecule has 0 radical (unpaired) electrons. The molecule has 0 aliphatic heterocycles. The van der Waals surface area contributed by atoms with E-state index in [0.29, 0.717) is 0 Å². The third kappa shape index (κ3) is 4.39. The van der Waals surface area contributed by atoms with Crippen LogP contribution in [0.25, 0.3) is 0 Å². The summed E-state index contributed by atoms with van der Waals surface area (Å²) >= 11 is 0. The van der Waals surface area contributed by atoms with Crippen LogP contribution in [-0.4, -0.2) is 57.7 Å². The van der Waals surface area contributed by atoms with Crippen LogP contribution in [-0.2, 0) is 14.4 Å². The molecule has 0 aromatic rings. The summed E-state index contributed by atoms with van der Waals surface area (Å²) in [4.78, 5) is 34.6. The quantitative estimate of drug-likeness (QED) is 0.505. The Kier molecular flexibility index (Phi) is 6.19. The summed E-state index contributed by atoms with van der Waals surface area (Å²) in [6, 6.07) is -1.28. The lowest BCUT2D eigenvalue weighted by atomic mass is 10.2. The number of hydrogen-bond donors (Lipinski definition) is 2. The van der Waals surface area contributed by atoms with Crippen LogP contribution in [0.3, 0.4) is 0 Å². The Bertz CT molecular complexity index is 305. The zero-order valence-electron chi connectivity index (χ0n) is 10.2. The molecule has 17 heavy (non-hydrogen) atoms. The van der Waals surface area contributed by atoms with Gasteiger partial charge in [-0.1, -0.05) is 13.8 Å². The molecule has 1 unspecified atom stereocenters. The van der Waals surface area contributed by atoms with Gasteiger partial charge < -0.3 is 10.0 Å². The predicted octanol–water partition coefficient (Wildman–Crippen LogP) is -0.0642. The van der Waals surface area contributed by atoms with Crippen LogP contribution in [0.15, 0.2) is 0 Å². The molecule has 0 aromatic heterocycles. The van der Waals surface area contributed by atoms with Crippen LogP contribution in [0.5, 0.6) is 0 Å². The molecule has 0 saturated carbocycles. The Labute approximate surface area is 99.6 Å². The summed E-state index contributed by atoms with van der Waals surface area (Å²) in [5, 5.41) is 18.3. The number of nitrogens with zero attached hydrogens (tertiary/aromatic N) is 2. The van der Waals surface area contributed by atoms with Crippen molar-refractivity contribution in [3.8, 4) is 0 Å². The molecule has 2 amide bonds. The molecule has 0 aliphatic rings. The van der Waals surface area contributed by atoms with Gasteiger partial charge in [-0.3, -0.25) is 14.8 Å². The number of carboxylic acids is 1. The molecule has 0 aliphatic carbocycles. The molecular weight excluding hydrogens is 228 g/mol. The first-order valence-electron chi connectivity index (χ1n) is 5.32. The molecular formula is C10H18N2O5. The summed E-state index contributed by atoms with van der Waals surface area (Å²) in [5.41, 5.74) is 0. The average Bonchev–Trinajstić information content (AvgIpc) is 2.27. The topological polar surface area (TPSA) is 98.2 Å². The summed E-state index contributed by atoms with van der Waals surface area (Å²) in [6.45, 7) is 2.84. The zero-order valence-corrected chi connectivity index (χ0v) is 10.2. The van der Waals surface area contributed by atoms with Crippen LogP contribution >= 0.6 is 0 Å². The lowest BCUT2D eigenvalue weighted by Crippen LogP contribution is -2.47. The summed E-state index contributed by atoms with van der Waals surface area (Å²) in [7, 11) is 1.42. The van der Waals surface area contributed by atoms with Gasteiger partial charge in [0.2, 0.25) is 5.91 Å². The number of carbonyl (C=O) groups excluding carboxylic acids is 2. The number of likely N-dealkylation sites (N-methyl/N-ethyl adjacent to an activating group) is 1. The number of carbonyl (C=O) groups is 3. The van der Waals surface area contributed by atoms with E-state index in [4.69, 9.17) is 5.11 Å². The molecule has 0 rings (SSSR count).